The van der Waals surface area contributed by atoms with E-state index in [1.807, 2.05) is 31.2 Å². The summed E-state index contributed by atoms with van der Waals surface area (Å²) in [7, 11) is 0. The van der Waals surface area contributed by atoms with Crippen LogP contribution >= 0.6 is 11.6 Å². The summed E-state index contributed by atoms with van der Waals surface area (Å²) >= 11 is 5.97. The van der Waals surface area contributed by atoms with E-state index < -0.39 is 0 Å². The first-order valence-corrected chi connectivity index (χ1v) is 5.43. The van der Waals surface area contributed by atoms with Crippen molar-refractivity contribution < 1.29 is 4.79 Å². The highest BCUT2D eigenvalue weighted by Gasteiger charge is 2.11. The van der Waals surface area contributed by atoms with Gasteiger partial charge in [-0.1, -0.05) is 35.9 Å². The van der Waals surface area contributed by atoms with E-state index in [0.29, 0.717) is 17.3 Å². The van der Waals surface area contributed by atoms with Crippen molar-refractivity contribution in [3.05, 3.63) is 41.2 Å². The van der Waals surface area contributed by atoms with Gasteiger partial charge in [-0.2, -0.15) is 0 Å². The number of hydrogen-bond donors (Lipinski definition) is 1. The fourth-order valence-corrected chi connectivity index (χ4v) is 1.81. The minimum Gasteiger partial charge on any atom is -0.352 e. The van der Waals surface area contributed by atoms with E-state index in [0.717, 1.165) is 10.8 Å². The number of pyridine rings is 1. The molecule has 0 bridgehead atoms. The minimum atomic E-state index is -0.122. The second-order valence-corrected chi connectivity index (χ2v) is 3.73. The van der Waals surface area contributed by atoms with Crippen molar-refractivity contribution in [3.63, 3.8) is 0 Å². The Bertz CT molecular complexity index is 540. The number of amides is 1. The van der Waals surface area contributed by atoms with Gasteiger partial charge in [0, 0.05) is 18.1 Å². The number of fused-ring (bicyclic) bond motifs is 1. The molecule has 0 aliphatic rings. The van der Waals surface area contributed by atoms with Crippen LogP contribution in [0.25, 0.3) is 10.8 Å². The van der Waals surface area contributed by atoms with Gasteiger partial charge < -0.3 is 5.32 Å². The summed E-state index contributed by atoms with van der Waals surface area (Å²) in [4.78, 5) is 15.8. The van der Waals surface area contributed by atoms with Crippen molar-refractivity contribution >= 4 is 28.3 Å². The van der Waals surface area contributed by atoms with Crippen molar-refractivity contribution in [2.75, 3.05) is 6.54 Å². The second-order valence-electron chi connectivity index (χ2n) is 3.37. The molecule has 1 amide bonds. The van der Waals surface area contributed by atoms with Crippen LogP contribution in [0.5, 0.6) is 0 Å². The number of nitrogens with one attached hydrogen (secondary N) is 1. The summed E-state index contributed by atoms with van der Waals surface area (Å²) in [5.74, 6) is -0.122. The van der Waals surface area contributed by atoms with Crippen molar-refractivity contribution in [2.24, 2.45) is 0 Å². The third kappa shape index (κ3) is 1.86. The van der Waals surface area contributed by atoms with Gasteiger partial charge in [-0.3, -0.25) is 4.79 Å². The zero-order valence-corrected chi connectivity index (χ0v) is 9.58. The third-order valence-corrected chi connectivity index (χ3v) is 2.63. The van der Waals surface area contributed by atoms with Crippen molar-refractivity contribution in [2.45, 2.75) is 6.92 Å². The average molecular weight is 235 g/mol. The molecule has 1 N–H and O–H groups in total. The summed E-state index contributed by atoms with van der Waals surface area (Å²) in [6.07, 6.45) is 1.51. The molecular formula is C12H11ClN2O. The molecule has 0 fully saturated rings. The van der Waals surface area contributed by atoms with Crippen LogP contribution in [0.3, 0.4) is 0 Å². The topological polar surface area (TPSA) is 42.0 Å². The predicted octanol–water partition coefficient (Wildman–Crippen LogP) is 2.64. The van der Waals surface area contributed by atoms with E-state index in [1.165, 1.54) is 6.20 Å². The predicted molar refractivity (Wildman–Crippen MR) is 64.8 cm³/mol. The smallest absolute Gasteiger partial charge is 0.253 e. The Morgan fingerprint density at radius 1 is 1.38 bits per heavy atom. The van der Waals surface area contributed by atoms with Crippen LogP contribution in [0.4, 0.5) is 0 Å². The van der Waals surface area contributed by atoms with E-state index in [-0.39, 0.29) is 5.91 Å². The van der Waals surface area contributed by atoms with Crippen molar-refractivity contribution in [3.8, 4) is 0 Å². The third-order valence-electron chi connectivity index (χ3n) is 2.33. The molecule has 16 heavy (non-hydrogen) atoms. The van der Waals surface area contributed by atoms with Gasteiger partial charge in [0.15, 0.2) is 0 Å². The molecule has 0 atom stereocenters. The molecule has 4 heteroatoms. The SMILES string of the molecule is CCNC(=O)c1cnc(Cl)c2ccccc12. The van der Waals surface area contributed by atoms with Gasteiger partial charge in [0.25, 0.3) is 5.91 Å². The van der Waals surface area contributed by atoms with Crippen LogP contribution in [-0.4, -0.2) is 17.4 Å². The maximum atomic E-state index is 11.8. The molecule has 1 aromatic carbocycles. The Morgan fingerprint density at radius 3 is 2.75 bits per heavy atom. The monoisotopic (exact) mass is 234 g/mol. The van der Waals surface area contributed by atoms with Gasteiger partial charge in [0.2, 0.25) is 0 Å². The van der Waals surface area contributed by atoms with Gasteiger partial charge in [0.05, 0.1) is 5.56 Å². The molecule has 2 rings (SSSR count). The van der Waals surface area contributed by atoms with Crippen LogP contribution in [0.15, 0.2) is 30.5 Å². The lowest BCUT2D eigenvalue weighted by molar-refractivity contribution is 0.0957. The molecule has 0 saturated carbocycles. The summed E-state index contributed by atoms with van der Waals surface area (Å²) in [5, 5.41) is 4.80. The number of halogens is 1. The highest BCUT2D eigenvalue weighted by atomic mass is 35.5. The molecule has 1 aromatic heterocycles. The zero-order chi connectivity index (χ0) is 11.5. The summed E-state index contributed by atoms with van der Waals surface area (Å²) in [6.45, 7) is 2.47. The summed E-state index contributed by atoms with van der Waals surface area (Å²) in [6, 6.07) is 7.47. The number of hydrogen-bond acceptors (Lipinski definition) is 2. The Kier molecular flexibility index (Phi) is 3.06. The average Bonchev–Trinajstić information content (AvgIpc) is 2.30. The van der Waals surface area contributed by atoms with Gasteiger partial charge in [0.1, 0.15) is 5.15 Å². The van der Waals surface area contributed by atoms with Crippen LogP contribution in [0, 0.1) is 0 Å². The molecule has 0 aliphatic heterocycles. The van der Waals surface area contributed by atoms with Crippen LogP contribution in [0.1, 0.15) is 17.3 Å². The van der Waals surface area contributed by atoms with E-state index in [2.05, 4.69) is 10.3 Å². The first kappa shape index (κ1) is 10.9. The standard InChI is InChI=1S/C12H11ClN2O/c1-2-14-12(16)10-7-15-11(13)9-6-4-3-5-8(9)10/h3-7H,2H2,1H3,(H,14,16). The molecule has 0 spiro atoms. The van der Waals surface area contributed by atoms with E-state index in [4.69, 9.17) is 11.6 Å². The normalized spacial score (nSPS) is 10.4. The highest BCUT2D eigenvalue weighted by molar-refractivity contribution is 6.34. The Hall–Kier alpha value is -1.61. The van der Waals surface area contributed by atoms with Gasteiger partial charge in [-0.05, 0) is 12.3 Å². The lowest BCUT2D eigenvalue weighted by Crippen LogP contribution is -2.23. The number of carbonyl (C=O) groups excluding carboxylic acids is 1. The van der Waals surface area contributed by atoms with E-state index >= 15 is 0 Å². The molecule has 82 valence electrons. The van der Waals surface area contributed by atoms with Gasteiger partial charge in [-0.15, -0.1) is 0 Å². The molecular weight excluding hydrogens is 224 g/mol. The molecule has 0 saturated heterocycles. The molecule has 0 radical (unpaired) electrons. The van der Waals surface area contributed by atoms with Crippen molar-refractivity contribution in [1.29, 1.82) is 0 Å². The molecule has 1 heterocycles. The number of benzene rings is 1. The lowest BCUT2D eigenvalue weighted by Gasteiger charge is -2.06. The fourth-order valence-electron chi connectivity index (χ4n) is 1.59. The molecule has 2 aromatic rings. The molecule has 3 nitrogen and oxygen atoms in total. The quantitative estimate of drug-likeness (QED) is 0.812. The van der Waals surface area contributed by atoms with Crippen LogP contribution in [0.2, 0.25) is 5.15 Å². The van der Waals surface area contributed by atoms with Gasteiger partial charge >= 0.3 is 0 Å². The van der Waals surface area contributed by atoms with Crippen LogP contribution < -0.4 is 5.32 Å². The first-order valence-electron chi connectivity index (χ1n) is 5.05. The minimum absolute atomic E-state index is 0.122. The number of rotatable bonds is 2. The summed E-state index contributed by atoms with van der Waals surface area (Å²) in [5.41, 5.74) is 0.557. The Labute approximate surface area is 98.4 Å². The Morgan fingerprint density at radius 2 is 2.06 bits per heavy atom. The fraction of sp³-hybridized carbons (Fsp3) is 0.167. The van der Waals surface area contributed by atoms with E-state index in [9.17, 15) is 4.79 Å². The molecule has 0 unspecified atom stereocenters. The number of nitrogens with zero attached hydrogens (tertiary/aromatic N) is 1. The van der Waals surface area contributed by atoms with Crippen LogP contribution in [-0.2, 0) is 0 Å². The van der Waals surface area contributed by atoms with E-state index in [1.54, 1.807) is 0 Å². The largest absolute Gasteiger partial charge is 0.352 e. The number of carbonyl (C=O) groups is 1. The maximum Gasteiger partial charge on any atom is 0.253 e. The Balaban J connectivity index is 2.63. The lowest BCUT2D eigenvalue weighted by atomic mass is 10.1. The second kappa shape index (κ2) is 4.49. The first-order chi connectivity index (χ1) is 7.74. The molecule has 0 aliphatic carbocycles. The van der Waals surface area contributed by atoms with Crippen molar-refractivity contribution in [1.82, 2.24) is 10.3 Å². The highest BCUT2D eigenvalue weighted by Crippen LogP contribution is 2.23. The summed E-state index contributed by atoms with van der Waals surface area (Å²) < 4.78 is 0. The zero-order valence-electron chi connectivity index (χ0n) is 8.83. The maximum absolute atomic E-state index is 11.8. The van der Waals surface area contributed by atoms with Gasteiger partial charge in [-0.25, -0.2) is 4.98 Å². The number of aromatic nitrogens is 1.